The lowest BCUT2D eigenvalue weighted by molar-refractivity contribution is -0.116. The Bertz CT molecular complexity index is 1020. The number of amides is 1. The largest absolute Gasteiger partial charge is 0.508 e. The molecule has 0 saturated carbocycles. The first kappa shape index (κ1) is 18.2. The number of fused-ring (bicyclic) bond motifs is 3. The number of rotatable bonds is 5. The molecule has 142 valence electrons. The molecule has 5 heteroatoms. The summed E-state index contributed by atoms with van der Waals surface area (Å²) in [7, 11) is 0. The van der Waals surface area contributed by atoms with Crippen LogP contribution in [0.5, 0.6) is 5.75 Å². The van der Waals surface area contributed by atoms with Gasteiger partial charge in [0.25, 0.3) is 0 Å². The summed E-state index contributed by atoms with van der Waals surface area (Å²) in [6.07, 6.45) is 3.34. The number of carbonyl (C=O) groups is 1. The Morgan fingerprint density at radius 2 is 1.93 bits per heavy atom. The molecule has 0 unspecified atom stereocenters. The van der Waals surface area contributed by atoms with Crippen LogP contribution in [0, 0.1) is 0 Å². The van der Waals surface area contributed by atoms with Gasteiger partial charge in [-0.2, -0.15) is 0 Å². The summed E-state index contributed by atoms with van der Waals surface area (Å²) >= 11 is 0. The van der Waals surface area contributed by atoms with Crippen LogP contribution in [0.25, 0.3) is 11.3 Å². The van der Waals surface area contributed by atoms with E-state index in [0.717, 1.165) is 46.6 Å². The van der Waals surface area contributed by atoms with Gasteiger partial charge in [-0.05, 0) is 55.0 Å². The van der Waals surface area contributed by atoms with E-state index in [-0.39, 0.29) is 11.7 Å². The number of anilines is 1. The molecule has 3 aromatic rings. The highest BCUT2D eigenvalue weighted by Gasteiger charge is 2.22. The number of aromatic hydroxyl groups is 1. The van der Waals surface area contributed by atoms with Crippen molar-refractivity contribution < 1.29 is 9.90 Å². The molecule has 0 radical (unpaired) electrons. The molecule has 0 bridgehead atoms. The lowest BCUT2D eigenvalue weighted by atomic mass is 9.91. The maximum absolute atomic E-state index is 12.5. The highest BCUT2D eigenvalue weighted by Crippen LogP contribution is 2.34. The summed E-state index contributed by atoms with van der Waals surface area (Å²) in [4.78, 5) is 22.0. The van der Waals surface area contributed by atoms with Crippen molar-refractivity contribution >= 4 is 11.7 Å². The van der Waals surface area contributed by atoms with E-state index in [0.29, 0.717) is 25.1 Å². The molecule has 0 fully saturated rings. The average molecular weight is 373 g/mol. The summed E-state index contributed by atoms with van der Waals surface area (Å²) in [6, 6.07) is 15.4. The minimum Gasteiger partial charge on any atom is -0.508 e. The Morgan fingerprint density at radius 3 is 2.71 bits per heavy atom. The van der Waals surface area contributed by atoms with Crippen molar-refractivity contribution in [1.82, 2.24) is 9.97 Å². The fourth-order valence-electron chi connectivity index (χ4n) is 3.61. The number of phenolic OH excluding ortho intramolecular Hbond substituents is 1. The number of aromatic nitrogens is 2. The molecule has 1 amide bonds. The van der Waals surface area contributed by atoms with Crippen LogP contribution < -0.4 is 5.32 Å². The minimum absolute atomic E-state index is 0.0473. The van der Waals surface area contributed by atoms with Gasteiger partial charge in [0.05, 0.1) is 17.1 Å². The Morgan fingerprint density at radius 1 is 1.11 bits per heavy atom. The first-order chi connectivity index (χ1) is 13.6. The number of nitrogens with zero attached hydrogens (tertiary/aromatic N) is 2. The van der Waals surface area contributed by atoms with Gasteiger partial charge >= 0.3 is 0 Å². The molecule has 1 aliphatic rings. The number of nitrogens with one attached hydrogen (secondary N) is 1. The van der Waals surface area contributed by atoms with Gasteiger partial charge in [0.2, 0.25) is 5.91 Å². The maximum atomic E-state index is 12.5. The van der Waals surface area contributed by atoms with E-state index >= 15 is 0 Å². The van der Waals surface area contributed by atoms with Crippen molar-refractivity contribution in [3.05, 3.63) is 71.0 Å². The molecular weight excluding hydrogens is 350 g/mol. The molecule has 1 aromatic heterocycles. The molecule has 1 heterocycles. The van der Waals surface area contributed by atoms with Gasteiger partial charge in [-0.3, -0.25) is 4.79 Å². The SMILES string of the molecule is CCc1nc2c(nc1NC(=O)CCc1ccccc1)CCc1cc(O)ccc1-2. The van der Waals surface area contributed by atoms with E-state index in [1.807, 2.05) is 43.3 Å². The van der Waals surface area contributed by atoms with Crippen molar-refractivity contribution in [2.45, 2.75) is 39.0 Å². The second-order valence-electron chi connectivity index (χ2n) is 7.04. The quantitative estimate of drug-likeness (QED) is 0.707. The van der Waals surface area contributed by atoms with Gasteiger partial charge in [0, 0.05) is 12.0 Å². The second-order valence-corrected chi connectivity index (χ2v) is 7.04. The second kappa shape index (κ2) is 7.80. The Labute approximate surface area is 164 Å². The Hall–Kier alpha value is -3.21. The molecule has 5 nitrogen and oxygen atoms in total. The zero-order chi connectivity index (χ0) is 19.5. The number of hydrogen-bond donors (Lipinski definition) is 2. The zero-order valence-electron chi connectivity index (χ0n) is 15.9. The molecule has 28 heavy (non-hydrogen) atoms. The van der Waals surface area contributed by atoms with Gasteiger partial charge in [-0.15, -0.1) is 0 Å². The summed E-state index contributed by atoms with van der Waals surface area (Å²) < 4.78 is 0. The highest BCUT2D eigenvalue weighted by molar-refractivity contribution is 5.90. The summed E-state index contributed by atoms with van der Waals surface area (Å²) in [5.41, 5.74) is 5.79. The third-order valence-electron chi connectivity index (χ3n) is 5.09. The molecule has 0 aliphatic heterocycles. The van der Waals surface area contributed by atoms with E-state index in [1.54, 1.807) is 12.1 Å². The third kappa shape index (κ3) is 3.74. The van der Waals surface area contributed by atoms with Crippen LogP contribution in [0.1, 0.15) is 35.9 Å². The number of benzene rings is 2. The van der Waals surface area contributed by atoms with Gasteiger partial charge in [0.15, 0.2) is 5.82 Å². The van der Waals surface area contributed by atoms with Crippen LogP contribution in [0.4, 0.5) is 5.82 Å². The van der Waals surface area contributed by atoms with Crippen molar-refractivity contribution in [2.24, 2.45) is 0 Å². The molecule has 1 aliphatic carbocycles. The molecule has 0 saturated heterocycles. The van der Waals surface area contributed by atoms with E-state index in [1.165, 1.54) is 0 Å². The molecule has 4 rings (SSSR count). The first-order valence-corrected chi connectivity index (χ1v) is 9.70. The zero-order valence-corrected chi connectivity index (χ0v) is 15.9. The Balaban J connectivity index is 1.55. The van der Waals surface area contributed by atoms with Crippen molar-refractivity contribution in [2.75, 3.05) is 5.32 Å². The molecule has 0 spiro atoms. The van der Waals surface area contributed by atoms with Crippen LogP contribution >= 0.6 is 0 Å². The molecule has 0 atom stereocenters. The van der Waals surface area contributed by atoms with Gasteiger partial charge in [-0.1, -0.05) is 37.3 Å². The van der Waals surface area contributed by atoms with E-state index in [4.69, 9.17) is 9.97 Å². The highest BCUT2D eigenvalue weighted by atomic mass is 16.3. The topological polar surface area (TPSA) is 75.1 Å². The lowest BCUT2D eigenvalue weighted by Gasteiger charge is -2.20. The van der Waals surface area contributed by atoms with Crippen molar-refractivity contribution in [1.29, 1.82) is 0 Å². The lowest BCUT2D eigenvalue weighted by Crippen LogP contribution is -2.18. The van der Waals surface area contributed by atoms with Crippen LogP contribution in [-0.2, 0) is 30.5 Å². The smallest absolute Gasteiger partial charge is 0.225 e. The number of aryl methyl sites for hydroxylation is 4. The number of carbonyl (C=O) groups excluding carboxylic acids is 1. The van der Waals surface area contributed by atoms with Crippen LogP contribution in [0.2, 0.25) is 0 Å². The van der Waals surface area contributed by atoms with E-state index < -0.39 is 0 Å². The number of phenols is 1. The van der Waals surface area contributed by atoms with E-state index in [9.17, 15) is 9.90 Å². The van der Waals surface area contributed by atoms with Gasteiger partial charge in [0.1, 0.15) is 5.75 Å². The normalized spacial score (nSPS) is 12.2. The van der Waals surface area contributed by atoms with Gasteiger partial charge in [-0.25, -0.2) is 9.97 Å². The predicted octanol–water partition coefficient (Wildman–Crippen LogP) is 4.08. The first-order valence-electron chi connectivity index (χ1n) is 9.70. The minimum atomic E-state index is -0.0473. The monoisotopic (exact) mass is 373 g/mol. The predicted molar refractivity (Wildman–Crippen MR) is 109 cm³/mol. The van der Waals surface area contributed by atoms with Gasteiger partial charge < -0.3 is 10.4 Å². The fraction of sp³-hybridized carbons (Fsp3) is 0.261. The average Bonchev–Trinajstić information content (AvgIpc) is 2.72. The molecule has 2 N–H and O–H groups in total. The third-order valence-corrected chi connectivity index (χ3v) is 5.09. The van der Waals surface area contributed by atoms with Crippen LogP contribution in [0.3, 0.4) is 0 Å². The molecule has 2 aromatic carbocycles. The fourth-order valence-corrected chi connectivity index (χ4v) is 3.61. The molecular formula is C23H23N3O2. The van der Waals surface area contributed by atoms with Crippen molar-refractivity contribution in [3.8, 4) is 17.0 Å². The summed E-state index contributed by atoms with van der Waals surface area (Å²) in [5.74, 6) is 0.795. The summed E-state index contributed by atoms with van der Waals surface area (Å²) in [5, 5.41) is 12.7. The van der Waals surface area contributed by atoms with E-state index in [2.05, 4.69) is 5.32 Å². The maximum Gasteiger partial charge on any atom is 0.225 e. The number of hydrogen-bond acceptors (Lipinski definition) is 4. The summed E-state index contributed by atoms with van der Waals surface area (Å²) in [6.45, 7) is 2.01. The van der Waals surface area contributed by atoms with Crippen molar-refractivity contribution in [3.63, 3.8) is 0 Å². The standard InChI is InChI=1S/C23H23N3O2/c1-2-19-23(26-21(28)13-8-15-6-4-3-5-7-15)25-20-12-9-16-14-17(27)10-11-18(16)22(20)24-19/h3-7,10-11,14,27H,2,8-9,12-13H2,1H3,(H,25,26,28). The Kier molecular flexibility index (Phi) is 5.06. The van der Waals surface area contributed by atoms with Crippen LogP contribution in [0.15, 0.2) is 48.5 Å². The van der Waals surface area contributed by atoms with Crippen LogP contribution in [-0.4, -0.2) is 21.0 Å².